The maximum absolute atomic E-state index is 11.7. The van der Waals surface area contributed by atoms with Gasteiger partial charge in [-0.05, 0) is 12.0 Å². The van der Waals surface area contributed by atoms with Crippen molar-refractivity contribution < 1.29 is 9.59 Å². The third kappa shape index (κ3) is 4.33. The molecule has 2 atom stereocenters. The quantitative estimate of drug-likeness (QED) is 0.747. The van der Waals surface area contributed by atoms with Crippen LogP contribution in [0.3, 0.4) is 0 Å². The van der Waals surface area contributed by atoms with Crippen LogP contribution in [0.4, 0.5) is 0 Å². The third-order valence-electron chi connectivity index (χ3n) is 3.21. The number of carbonyl (C=O) groups excluding carboxylic acids is 2. The van der Waals surface area contributed by atoms with Crippen molar-refractivity contribution in [3.8, 4) is 0 Å². The van der Waals surface area contributed by atoms with Gasteiger partial charge in [0.2, 0.25) is 11.8 Å². The standard InChI is InChI=1S/C14H19N3O2S/c15-11(10-4-2-1-3-5-10)6-7-13(18)17-14(19)12-8-20-9-16-12/h1-5,11-12,16H,6-9,15H2,(H,17,18,19). The minimum absolute atomic E-state index is 0.183. The van der Waals surface area contributed by atoms with E-state index >= 15 is 0 Å². The zero-order valence-corrected chi connectivity index (χ0v) is 12.0. The normalized spacial score (nSPS) is 19.6. The SMILES string of the molecule is NC(CCC(=O)NC(=O)C1CSCN1)c1ccccc1. The van der Waals surface area contributed by atoms with E-state index in [0.29, 0.717) is 12.2 Å². The van der Waals surface area contributed by atoms with Gasteiger partial charge in [0.05, 0.1) is 6.04 Å². The highest BCUT2D eigenvalue weighted by atomic mass is 32.2. The van der Waals surface area contributed by atoms with Crippen LogP contribution in [0.5, 0.6) is 0 Å². The van der Waals surface area contributed by atoms with Crippen molar-refractivity contribution in [1.82, 2.24) is 10.6 Å². The Labute approximate surface area is 122 Å². The molecule has 0 aliphatic carbocycles. The lowest BCUT2D eigenvalue weighted by atomic mass is 10.0. The Morgan fingerprint density at radius 1 is 1.40 bits per heavy atom. The number of hydrogen-bond donors (Lipinski definition) is 3. The monoisotopic (exact) mass is 293 g/mol. The van der Waals surface area contributed by atoms with E-state index < -0.39 is 0 Å². The highest BCUT2D eigenvalue weighted by Gasteiger charge is 2.23. The fraction of sp³-hybridized carbons (Fsp3) is 0.429. The Morgan fingerprint density at radius 3 is 2.80 bits per heavy atom. The first-order valence-electron chi connectivity index (χ1n) is 6.62. The van der Waals surface area contributed by atoms with Crippen LogP contribution < -0.4 is 16.4 Å². The number of hydrogen-bond acceptors (Lipinski definition) is 5. The summed E-state index contributed by atoms with van der Waals surface area (Å²) in [5.41, 5.74) is 7.02. The first-order valence-corrected chi connectivity index (χ1v) is 7.77. The van der Waals surface area contributed by atoms with Gasteiger partial charge < -0.3 is 5.73 Å². The summed E-state index contributed by atoms with van der Waals surface area (Å²) >= 11 is 1.65. The number of nitrogens with two attached hydrogens (primary N) is 1. The van der Waals surface area contributed by atoms with E-state index in [2.05, 4.69) is 10.6 Å². The van der Waals surface area contributed by atoms with Crippen molar-refractivity contribution in [2.45, 2.75) is 24.9 Å². The van der Waals surface area contributed by atoms with Crippen LogP contribution in [0, 0.1) is 0 Å². The molecule has 6 heteroatoms. The average molecular weight is 293 g/mol. The molecule has 1 heterocycles. The second-order valence-corrected chi connectivity index (χ2v) is 5.77. The Morgan fingerprint density at radius 2 is 2.15 bits per heavy atom. The molecule has 5 nitrogen and oxygen atoms in total. The van der Waals surface area contributed by atoms with E-state index in [1.807, 2.05) is 30.3 Å². The highest BCUT2D eigenvalue weighted by molar-refractivity contribution is 7.99. The van der Waals surface area contributed by atoms with Crippen LogP contribution in [-0.2, 0) is 9.59 Å². The lowest BCUT2D eigenvalue weighted by Crippen LogP contribution is -2.44. The van der Waals surface area contributed by atoms with Crippen LogP contribution in [-0.4, -0.2) is 29.5 Å². The summed E-state index contributed by atoms with van der Waals surface area (Å²) in [6.07, 6.45) is 0.775. The molecule has 1 aliphatic rings. The maximum Gasteiger partial charge on any atom is 0.244 e. The number of thioether (sulfide) groups is 1. The topological polar surface area (TPSA) is 84.2 Å². The number of amides is 2. The van der Waals surface area contributed by atoms with Gasteiger partial charge in [-0.3, -0.25) is 20.2 Å². The van der Waals surface area contributed by atoms with Crippen LogP contribution in [0.1, 0.15) is 24.4 Å². The molecule has 2 amide bonds. The predicted molar refractivity (Wildman–Crippen MR) is 80.0 cm³/mol. The molecule has 2 unspecified atom stereocenters. The van der Waals surface area contributed by atoms with Crippen LogP contribution in [0.15, 0.2) is 30.3 Å². The Bertz CT molecular complexity index is 461. The van der Waals surface area contributed by atoms with E-state index in [4.69, 9.17) is 5.73 Å². The molecule has 108 valence electrons. The molecule has 0 bridgehead atoms. The van der Waals surface area contributed by atoms with Crippen molar-refractivity contribution in [2.24, 2.45) is 5.73 Å². The van der Waals surface area contributed by atoms with Crippen molar-refractivity contribution >= 4 is 23.6 Å². The summed E-state index contributed by atoms with van der Waals surface area (Å²) in [6, 6.07) is 9.20. The molecule has 0 spiro atoms. The van der Waals surface area contributed by atoms with Gasteiger partial charge in [-0.25, -0.2) is 0 Å². The molecule has 0 saturated carbocycles. The van der Waals surface area contributed by atoms with Gasteiger partial charge in [0.15, 0.2) is 0 Å². The molecule has 0 radical (unpaired) electrons. The predicted octanol–water partition coefficient (Wildman–Crippen LogP) is 0.772. The lowest BCUT2D eigenvalue weighted by Gasteiger charge is -2.12. The zero-order chi connectivity index (χ0) is 14.4. The number of nitrogens with one attached hydrogen (secondary N) is 2. The molecule has 1 fully saturated rings. The minimum Gasteiger partial charge on any atom is -0.324 e. The highest BCUT2D eigenvalue weighted by Crippen LogP contribution is 2.15. The Balaban J connectivity index is 1.73. The van der Waals surface area contributed by atoms with Crippen LogP contribution in [0.25, 0.3) is 0 Å². The van der Waals surface area contributed by atoms with E-state index in [1.54, 1.807) is 11.8 Å². The molecule has 4 N–H and O–H groups in total. The molecular formula is C14H19N3O2S. The van der Waals surface area contributed by atoms with Gasteiger partial charge in [-0.2, -0.15) is 0 Å². The number of imide groups is 1. The summed E-state index contributed by atoms with van der Waals surface area (Å²) in [5, 5.41) is 5.45. The number of benzene rings is 1. The van der Waals surface area contributed by atoms with E-state index in [9.17, 15) is 9.59 Å². The lowest BCUT2D eigenvalue weighted by molar-refractivity contribution is -0.131. The first-order chi connectivity index (χ1) is 9.66. The van der Waals surface area contributed by atoms with E-state index in [1.165, 1.54) is 0 Å². The second kappa shape index (κ2) is 7.42. The summed E-state index contributed by atoms with van der Waals surface area (Å²) in [5.74, 6) is 0.960. The third-order valence-corrected chi connectivity index (χ3v) is 4.15. The van der Waals surface area contributed by atoms with Crippen LogP contribution >= 0.6 is 11.8 Å². The summed E-state index contributed by atoms with van der Waals surface area (Å²) in [4.78, 5) is 23.5. The van der Waals surface area contributed by atoms with E-state index in [-0.39, 0.29) is 30.3 Å². The summed E-state index contributed by atoms with van der Waals surface area (Å²) in [6.45, 7) is 0. The maximum atomic E-state index is 11.7. The van der Waals surface area contributed by atoms with Gasteiger partial charge in [-0.1, -0.05) is 30.3 Å². The van der Waals surface area contributed by atoms with Gasteiger partial charge in [-0.15, -0.1) is 11.8 Å². The number of rotatable bonds is 5. The zero-order valence-electron chi connectivity index (χ0n) is 11.2. The molecule has 1 aliphatic heterocycles. The molecule has 1 aromatic carbocycles. The molecule has 2 rings (SSSR count). The van der Waals surface area contributed by atoms with Gasteiger partial charge in [0, 0.05) is 24.1 Å². The largest absolute Gasteiger partial charge is 0.324 e. The van der Waals surface area contributed by atoms with Gasteiger partial charge in [0.25, 0.3) is 0 Å². The smallest absolute Gasteiger partial charge is 0.244 e. The van der Waals surface area contributed by atoms with Gasteiger partial charge in [0.1, 0.15) is 0 Å². The molecule has 1 aromatic rings. The van der Waals surface area contributed by atoms with Crippen molar-refractivity contribution in [3.63, 3.8) is 0 Å². The molecular weight excluding hydrogens is 274 g/mol. The average Bonchev–Trinajstić information content (AvgIpc) is 3.00. The van der Waals surface area contributed by atoms with Crippen molar-refractivity contribution in [3.05, 3.63) is 35.9 Å². The Kier molecular flexibility index (Phi) is 5.58. The minimum atomic E-state index is -0.264. The molecule has 20 heavy (non-hydrogen) atoms. The van der Waals surface area contributed by atoms with Gasteiger partial charge >= 0.3 is 0 Å². The first kappa shape index (κ1) is 15.0. The fourth-order valence-electron chi connectivity index (χ4n) is 2.00. The van der Waals surface area contributed by atoms with Crippen LogP contribution in [0.2, 0.25) is 0 Å². The summed E-state index contributed by atoms with van der Waals surface area (Å²) in [7, 11) is 0. The van der Waals surface area contributed by atoms with Crippen molar-refractivity contribution in [2.75, 3.05) is 11.6 Å². The van der Waals surface area contributed by atoms with E-state index in [0.717, 1.165) is 11.4 Å². The second-order valence-electron chi connectivity index (χ2n) is 4.74. The summed E-state index contributed by atoms with van der Waals surface area (Å²) < 4.78 is 0. The number of carbonyl (C=O) groups is 2. The Hall–Kier alpha value is -1.37. The fourth-order valence-corrected chi connectivity index (χ4v) is 2.95. The molecule has 0 aromatic heterocycles. The molecule has 1 saturated heterocycles. The van der Waals surface area contributed by atoms with Crippen molar-refractivity contribution in [1.29, 1.82) is 0 Å².